The molecular weight excluding hydrogens is 150 g/mol. The van der Waals surface area contributed by atoms with E-state index in [1.165, 1.54) is 0 Å². The van der Waals surface area contributed by atoms with E-state index >= 15 is 0 Å². The predicted octanol–water partition coefficient (Wildman–Crippen LogP) is -1.92. The minimum Gasteiger partial charge on any atom is -1.00 e. The van der Waals surface area contributed by atoms with Crippen LogP contribution >= 0.6 is 0 Å². The van der Waals surface area contributed by atoms with Gasteiger partial charge in [0.05, 0.1) is 6.61 Å². The Bertz CT molecular complexity index is 167. The number of hydrogen-bond acceptors (Lipinski definition) is 2. The van der Waals surface area contributed by atoms with Crippen LogP contribution in [0.2, 0.25) is 0 Å². The Morgan fingerprint density at radius 3 is 2.30 bits per heavy atom. The van der Waals surface area contributed by atoms with Gasteiger partial charge in [-0.25, -0.2) is 5.90 Å². The Morgan fingerprint density at radius 2 is 1.80 bits per heavy atom. The Labute approximate surface area is 66.4 Å². The summed E-state index contributed by atoms with van der Waals surface area (Å²) < 4.78 is 0. The van der Waals surface area contributed by atoms with E-state index in [-0.39, 0.29) is 12.4 Å². The number of nitrogens with two attached hydrogens (primary N) is 1. The molecule has 0 bridgehead atoms. The molecule has 0 saturated heterocycles. The van der Waals surface area contributed by atoms with Crippen LogP contribution in [-0.4, -0.2) is 0 Å². The summed E-state index contributed by atoms with van der Waals surface area (Å²) in [6, 6.07) is 9.79. The fourth-order valence-corrected chi connectivity index (χ4v) is 0.670. The Morgan fingerprint density at radius 1 is 1.20 bits per heavy atom. The minimum atomic E-state index is 0. The molecule has 0 atom stereocenters. The molecule has 1 aromatic rings. The summed E-state index contributed by atoms with van der Waals surface area (Å²) in [5, 5.41) is 0. The van der Waals surface area contributed by atoms with Gasteiger partial charge in [0.25, 0.3) is 0 Å². The maximum Gasteiger partial charge on any atom is 0.0930 e. The fraction of sp³-hybridized carbons (Fsp3) is 0.143. The van der Waals surface area contributed by atoms with Crippen LogP contribution in [0.3, 0.4) is 0 Å². The predicted molar refractivity (Wildman–Crippen MR) is 35.4 cm³/mol. The van der Waals surface area contributed by atoms with E-state index in [0.717, 1.165) is 5.56 Å². The first-order chi connectivity index (χ1) is 4.43. The molecule has 0 aliphatic carbocycles. The monoisotopic (exact) mass is 158 g/mol. The molecule has 0 radical (unpaired) electrons. The number of halogens is 1. The van der Waals surface area contributed by atoms with E-state index in [4.69, 9.17) is 5.90 Å². The number of hydrogen-bond donors (Lipinski definition) is 1. The third kappa shape index (κ3) is 2.82. The van der Waals surface area contributed by atoms with Crippen molar-refractivity contribution in [2.24, 2.45) is 5.90 Å². The molecule has 0 fully saturated rings. The third-order valence-corrected chi connectivity index (χ3v) is 1.09. The SMILES string of the molecule is NOCc1ccccc1.[Cl-]. The van der Waals surface area contributed by atoms with Crippen molar-refractivity contribution in [3.05, 3.63) is 35.9 Å². The van der Waals surface area contributed by atoms with E-state index in [9.17, 15) is 0 Å². The maximum atomic E-state index is 4.86. The minimum absolute atomic E-state index is 0. The van der Waals surface area contributed by atoms with Crippen LogP contribution in [0.25, 0.3) is 0 Å². The van der Waals surface area contributed by atoms with Crippen LogP contribution in [-0.2, 0) is 11.4 Å². The van der Waals surface area contributed by atoms with Gasteiger partial charge in [-0.2, -0.15) is 0 Å². The van der Waals surface area contributed by atoms with Gasteiger partial charge in [0, 0.05) is 0 Å². The molecule has 56 valence electrons. The van der Waals surface area contributed by atoms with Crippen molar-refractivity contribution >= 4 is 0 Å². The van der Waals surface area contributed by atoms with Gasteiger partial charge in [-0.05, 0) is 5.56 Å². The highest BCUT2D eigenvalue weighted by molar-refractivity contribution is 5.13. The highest BCUT2D eigenvalue weighted by Gasteiger charge is 1.85. The number of rotatable bonds is 2. The second-order valence-corrected chi connectivity index (χ2v) is 1.80. The second-order valence-electron chi connectivity index (χ2n) is 1.80. The van der Waals surface area contributed by atoms with Crippen LogP contribution in [0.4, 0.5) is 0 Å². The molecule has 1 rings (SSSR count). The highest BCUT2D eigenvalue weighted by Crippen LogP contribution is 1.97. The summed E-state index contributed by atoms with van der Waals surface area (Å²) in [5.41, 5.74) is 1.10. The van der Waals surface area contributed by atoms with Crippen molar-refractivity contribution in [2.75, 3.05) is 0 Å². The lowest BCUT2D eigenvalue weighted by Gasteiger charge is -1.94. The van der Waals surface area contributed by atoms with Crippen molar-refractivity contribution in [3.63, 3.8) is 0 Å². The lowest BCUT2D eigenvalue weighted by Crippen LogP contribution is -3.00. The van der Waals surface area contributed by atoms with Crippen molar-refractivity contribution in [3.8, 4) is 0 Å². The molecule has 2 N–H and O–H groups in total. The molecule has 0 aromatic heterocycles. The molecule has 1 aromatic carbocycles. The molecule has 0 saturated carbocycles. The van der Waals surface area contributed by atoms with Crippen molar-refractivity contribution < 1.29 is 17.2 Å². The molecule has 0 unspecified atom stereocenters. The zero-order chi connectivity index (χ0) is 6.53. The van der Waals surface area contributed by atoms with Gasteiger partial charge in [0.15, 0.2) is 0 Å². The average Bonchev–Trinajstić information content (AvgIpc) is 1.91. The second kappa shape index (κ2) is 5.23. The standard InChI is InChI=1S/C7H9NO.ClH/c8-9-6-7-4-2-1-3-5-7;/h1-5H,6,8H2;1H/p-1. The van der Waals surface area contributed by atoms with E-state index in [1.54, 1.807) is 0 Å². The first kappa shape index (κ1) is 9.43. The van der Waals surface area contributed by atoms with Gasteiger partial charge in [-0.1, -0.05) is 30.3 Å². The van der Waals surface area contributed by atoms with Gasteiger partial charge >= 0.3 is 0 Å². The molecule has 0 heterocycles. The molecule has 0 amide bonds. The molecule has 0 spiro atoms. The fourth-order valence-electron chi connectivity index (χ4n) is 0.670. The van der Waals surface area contributed by atoms with Gasteiger partial charge in [-0.3, -0.25) is 4.84 Å². The van der Waals surface area contributed by atoms with E-state index in [2.05, 4.69) is 4.84 Å². The zero-order valence-corrected chi connectivity index (χ0v) is 6.21. The largest absolute Gasteiger partial charge is 1.00 e. The number of benzene rings is 1. The Balaban J connectivity index is 0.000000810. The maximum absolute atomic E-state index is 4.86. The molecule has 10 heavy (non-hydrogen) atoms. The molecular formula is C7H9ClNO-. The summed E-state index contributed by atoms with van der Waals surface area (Å²) in [5.74, 6) is 4.86. The third-order valence-electron chi connectivity index (χ3n) is 1.09. The topological polar surface area (TPSA) is 35.2 Å². The van der Waals surface area contributed by atoms with Gasteiger partial charge in [0.1, 0.15) is 0 Å². The van der Waals surface area contributed by atoms with Crippen LogP contribution in [0.1, 0.15) is 5.56 Å². The molecule has 3 heteroatoms. The van der Waals surface area contributed by atoms with Gasteiger partial charge < -0.3 is 12.4 Å². The lowest BCUT2D eigenvalue weighted by molar-refractivity contribution is -0.00000213. The first-order valence-electron chi connectivity index (χ1n) is 2.79. The smallest absolute Gasteiger partial charge is 0.0930 e. The summed E-state index contributed by atoms with van der Waals surface area (Å²) in [6.45, 7) is 0.487. The van der Waals surface area contributed by atoms with Gasteiger partial charge in [0.2, 0.25) is 0 Å². The van der Waals surface area contributed by atoms with E-state index < -0.39 is 0 Å². The Hall–Kier alpha value is -0.570. The van der Waals surface area contributed by atoms with Crippen molar-refractivity contribution in [1.82, 2.24) is 0 Å². The first-order valence-corrected chi connectivity index (χ1v) is 2.79. The zero-order valence-electron chi connectivity index (χ0n) is 5.46. The summed E-state index contributed by atoms with van der Waals surface area (Å²) in [4.78, 5) is 4.43. The normalized spacial score (nSPS) is 8.50. The summed E-state index contributed by atoms with van der Waals surface area (Å²) in [6.07, 6.45) is 0. The highest BCUT2D eigenvalue weighted by atomic mass is 35.5. The van der Waals surface area contributed by atoms with Crippen LogP contribution in [0, 0.1) is 0 Å². The van der Waals surface area contributed by atoms with E-state index in [1.807, 2.05) is 30.3 Å². The van der Waals surface area contributed by atoms with Crippen molar-refractivity contribution in [2.45, 2.75) is 6.61 Å². The Kier molecular flexibility index (Phi) is 4.94. The summed E-state index contributed by atoms with van der Waals surface area (Å²) in [7, 11) is 0. The van der Waals surface area contributed by atoms with Gasteiger partial charge in [-0.15, -0.1) is 0 Å². The molecule has 2 nitrogen and oxygen atoms in total. The van der Waals surface area contributed by atoms with Crippen molar-refractivity contribution in [1.29, 1.82) is 0 Å². The molecule has 0 aliphatic rings. The lowest BCUT2D eigenvalue weighted by atomic mass is 10.2. The van der Waals surface area contributed by atoms with E-state index in [0.29, 0.717) is 6.61 Å². The van der Waals surface area contributed by atoms with Crippen LogP contribution in [0.5, 0.6) is 0 Å². The van der Waals surface area contributed by atoms with Crippen LogP contribution < -0.4 is 18.3 Å². The quantitative estimate of drug-likeness (QED) is 0.510. The molecule has 0 aliphatic heterocycles. The summed E-state index contributed by atoms with van der Waals surface area (Å²) >= 11 is 0. The average molecular weight is 159 g/mol. The van der Waals surface area contributed by atoms with Crippen LogP contribution in [0.15, 0.2) is 30.3 Å².